The van der Waals surface area contributed by atoms with Crippen LogP contribution >= 0.6 is 0 Å². The van der Waals surface area contributed by atoms with Crippen LogP contribution in [0, 0.1) is 0 Å². The van der Waals surface area contributed by atoms with Gasteiger partial charge in [0.25, 0.3) is 0 Å². The third kappa shape index (κ3) is 5.45. The standard InChI is InChI=1S/C51H32N4O/c1-4-13-33(14-5-1)37-23-26-41-42-27-25-39(51-53-49(34-15-6-2-7-16-34)52-50(54-51)35-17-8-3-9-18-35)31-46(42)55(45(41)30-37)40-20-12-19-36(29-40)38-24-28-44-43-21-10-11-22-47(43)56-48(44)32-38/h1-32H. The van der Waals surface area contributed by atoms with Crippen molar-refractivity contribution in [3.63, 3.8) is 0 Å². The van der Waals surface area contributed by atoms with E-state index in [9.17, 15) is 0 Å². The summed E-state index contributed by atoms with van der Waals surface area (Å²) < 4.78 is 8.67. The number of aromatic nitrogens is 4. The van der Waals surface area contributed by atoms with E-state index in [-0.39, 0.29) is 0 Å². The van der Waals surface area contributed by atoms with Crippen LogP contribution in [0.5, 0.6) is 0 Å². The monoisotopic (exact) mass is 716 g/mol. The van der Waals surface area contributed by atoms with Crippen molar-refractivity contribution >= 4 is 43.7 Å². The van der Waals surface area contributed by atoms with Crippen LogP contribution in [-0.4, -0.2) is 19.5 Å². The zero-order chi connectivity index (χ0) is 37.0. The van der Waals surface area contributed by atoms with E-state index in [0.29, 0.717) is 17.5 Å². The number of para-hydroxylation sites is 1. The minimum atomic E-state index is 0.620. The van der Waals surface area contributed by atoms with Crippen molar-refractivity contribution in [3.05, 3.63) is 194 Å². The van der Waals surface area contributed by atoms with Crippen molar-refractivity contribution in [1.82, 2.24) is 19.5 Å². The lowest BCUT2D eigenvalue weighted by molar-refractivity contribution is 0.669. The molecule has 0 radical (unpaired) electrons. The first-order chi connectivity index (χ1) is 27.7. The second kappa shape index (κ2) is 13.0. The molecule has 0 aliphatic carbocycles. The molecule has 3 heterocycles. The van der Waals surface area contributed by atoms with Crippen LogP contribution in [0.3, 0.4) is 0 Å². The Morgan fingerprint density at radius 1 is 0.304 bits per heavy atom. The van der Waals surface area contributed by atoms with Crippen LogP contribution in [0.2, 0.25) is 0 Å². The molecule has 0 aliphatic heterocycles. The fraction of sp³-hybridized carbons (Fsp3) is 0. The van der Waals surface area contributed by atoms with Crippen LogP contribution < -0.4 is 0 Å². The zero-order valence-electron chi connectivity index (χ0n) is 30.2. The lowest BCUT2D eigenvalue weighted by Crippen LogP contribution is -2.00. The second-order valence-corrected chi connectivity index (χ2v) is 14.1. The molecule has 56 heavy (non-hydrogen) atoms. The first kappa shape index (κ1) is 31.9. The molecular weight excluding hydrogens is 685 g/mol. The van der Waals surface area contributed by atoms with Crippen LogP contribution in [0.25, 0.3) is 106 Å². The molecule has 0 fully saturated rings. The maximum Gasteiger partial charge on any atom is 0.164 e. The molecule has 5 nitrogen and oxygen atoms in total. The minimum Gasteiger partial charge on any atom is -0.456 e. The third-order valence-corrected chi connectivity index (χ3v) is 10.6. The van der Waals surface area contributed by atoms with Crippen molar-refractivity contribution < 1.29 is 4.42 Å². The molecule has 0 amide bonds. The van der Waals surface area contributed by atoms with E-state index >= 15 is 0 Å². The molecule has 5 heteroatoms. The highest BCUT2D eigenvalue weighted by molar-refractivity contribution is 6.11. The summed E-state index contributed by atoms with van der Waals surface area (Å²) in [7, 11) is 0. The summed E-state index contributed by atoms with van der Waals surface area (Å²) in [6.07, 6.45) is 0. The van der Waals surface area contributed by atoms with Crippen LogP contribution in [-0.2, 0) is 0 Å². The van der Waals surface area contributed by atoms with Crippen LogP contribution in [0.1, 0.15) is 0 Å². The Labute approximate surface area is 322 Å². The Morgan fingerprint density at radius 3 is 1.43 bits per heavy atom. The highest BCUT2D eigenvalue weighted by atomic mass is 16.3. The van der Waals surface area contributed by atoms with Crippen molar-refractivity contribution in [2.45, 2.75) is 0 Å². The summed E-state index contributed by atoms with van der Waals surface area (Å²) in [6, 6.07) is 67.6. The number of rotatable bonds is 6. The average Bonchev–Trinajstić information content (AvgIpc) is 3.82. The van der Waals surface area contributed by atoms with E-state index in [1.807, 2.05) is 72.8 Å². The first-order valence-electron chi connectivity index (χ1n) is 18.8. The van der Waals surface area contributed by atoms with Crippen molar-refractivity contribution in [1.29, 1.82) is 0 Å². The van der Waals surface area contributed by atoms with Gasteiger partial charge in [0, 0.05) is 43.9 Å². The van der Waals surface area contributed by atoms with Crippen molar-refractivity contribution in [2.24, 2.45) is 0 Å². The van der Waals surface area contributed by atoms with Gasteiger partial charge in [0.1, 0.15) is 11.2 Å². The Hall–Kier alpha value is -7.63. The molecule has 11 rings (SSSR count). The van der Waals surface area contributed by atoms with Gasteiger partial charge in [-0.25, -0.2) is 15.0 Å². The number of fused-ring (bicyclic) bond motifs is 6. The topological polar surface area (TPSA) is 56.7 Å². The quantitative estimate of drug-likeness (QED) is 0.172. The summed E-state index contributed by atoms with van der Waals surface area (Å²) in [5.74, 6) is 1.89. The van der Waals surface area contributed by atoms with Gasteiger partial charge in [-0.2, -0.15) is 0 Å². The number of nitrogens with zero attached hydrogens (tertiary/aromatic N) is 4. The van der Waals surface area contributed by atoms with E-state index in [1.54, 1.807) is 0 Å². The number of hydrogen-bond donors (Lipinski definition) is 0. The smallest absolute Gasteiger partial charge is 0.164 e. The lowest BCUT2D eigenvalue weighted by atomic mass is 10.0. The van der Waals surface area contributed by atoms with Gasteiger partial charge in [-0.15, -0.1) is 0 Å². The molecule has 0 N–H and O–H groups in total. The Bertz CT molecular complexity index is 3180. The van der Waals surface area contributed by atoms with E-state index in [2.05, 4.69) is 126 Å². The minimum absolute atomic E-state index is 0.620. The van der Waals surface area contributed by atoms with Crippen molar-refractivity contribution in [3.8, 4) is 62.1 Å². The molecular formula is C51H32N4O. The van der Waals surface area contributed by atoms with E-state index in [0.717, 1.165) is 77.4 Å². The summed E-state index contributed by atoms with van der Waals surface area (Å²) >= 11 is 0. The molecule has 0 bridgehead atoms. The Morgan fingerprint density at radius 2 is 0.768 bits per heavy atom. The predicted octanol–water partition coefficient (Wildman–Crippen LogP) is 13.2. The highest BCUT2D eigenvalue weighted by Crippen LogP contribution is 2.39. The van der Waals surface area contributed by atoms with Gasteiger partial charge in [0.15, 0.2) is 17.5 Å². The van der Waals surface area contributed by atoms with Crippen molar-refractivity contribution in [2.75, 3.05) is 0 Å². The SMILES string of the molecule is c1ccc(-c2ccc3c4ccc(-c5nc(-c6ccccc6)nc(-c6ccccc6)n5)cc4n(-c4cccc(-c5ccc6c(c5)oc5ccccc56)c4)c3c2)cc1. The zero-order valence-corrected chi connectivity index (χ0v) is 30.2. The van der Waals surface area contributed by atoms with Gasteiger partial charge < -0.3 is 8.98 Å². The molecule has 262 valence electrons. The molecule has 3 aromatic heterocycles. The van der Waals surface area contributed by atoms with Crippen LogP contribution in [0.15, 0.2) is 199 Å². The lowest BCUT2D eigenvalue weighted by Gasteiger charge is -2.12. The summed E-state index contributed by atoms with van der Waals surface area (Å²) in [5.41, 5.74) is 12.3. The van der Waals surface area contributed by atoms with Gasteiger partial charge in [0.05, 0.1) is 11.0 Å². The largest absolute Gasteiger partial charge is 0.456 e. The molecule has 11 aromatic rings. The first-order valence-corrected chi connectivity index (χ1v) is 18.8. The second-order valence-electron chi connectivity index (χ2n) is 14.1. The summed E-state index contributed by atoms with van der Waals surface area (Å²) in [4.78, 5) is 15.1. The molecule has 0 aliphatic rings. The summed E-state index contributed by atoms with van der Waals surface area (Å²) in [5, 5.41) is 4.57. The fourth-order valence-electron chi connectivity index (χ4n) is 7.91. The van der Waals surface area contributed by atoms with Gasteiger partial charge in [-0.1, -0.05) is 152 Å². The van der Waals surface area contributed by atoms with E-state index in [4.69, 9.17) is 19.4 Å². The number of benzene rings is 8. The molecule has 0 atom stereocenters. The molecule has 0 unspecified atom stereocenters. The molecule has 0 spiro atoms. The highest BCUT2D eigenvalue weighted by Gasteiger charge is 2.18. The van der Waals surface area contributed by atoms with Gasteiger partial charge in [-0.3, -0.25) is 0 Å². The van der Waals surface area contributed by atoms with E-state index in [1.165, 1.54) is 10.9 Å². The molecule has 8 aromatic carbocycles. The third-order valence-electron chi connectivity index (χ3n) is 10.6. The molecule has 0 saturated carbocycles. The predicted molar refractivity (Wildman–Crippen MR) is 229 cm³/mol. The van der Waals surface area contributed by atoms with Gasteiger partial charge in [-0.05, 0) is 64.7 Å². The Balaban J connectivity index is 1.12. The van der Waals surface area contributed by atoms with Gasteiger partial charge >= 0.3 is 0 Å². The summed E-state index contributed by atoms with van der Waals surface area (Å²) in [6.45, 7) is 0. The normalized spacial score (nSPS) is 11.6. The van der Waals surface area contributed by atoms with Gasteiger partial charge in [0.2, 0.25) is 0 Å². The maximum absolute atomic E-state index is 6.29. The van der Waals surface area contributed by atoms with Crippen LogP contribution in [0.4, 0.5) is 0 Å². The Kier molecular flexibility index (Phi) is 7.42. The average molecular weight is 717 g/mol. The number of furan rings is 1. The fourth-order valence-corrected chi connectivity index (χ4v) is 7.91. The number of hydrogen-bond acceptors (Lipinski definition) is 4. The van der Waals surface area contributed by atoms with E-state index < -0.39 is 0 Å². The maximum atomic E-state index is 6.29. The molecule has 0 saturated heterocycles.